The van der Waals surface area contributed by atoms with Gasteiger partial charge in [0.2, 0.25) is 11.8 Å². The maximum Gasteiger partial charge on any atom is 0.270 e. The number of amides is 4. The molecule has 4 aliphatic rings. The number of aromatic nitrogens is 1. The molecule has 4 aliphatic heterocycles. The fourth-order valence-corrected chi connectivity index (χ4v) is 6.98. The minimum absolute atomic E-state index is 0.0366. The Labute approximate surface area is 244 Å². The molecule has 10 nitrogen and oxygen atoms in total. The molecule has 5 heterocycles. The van der Waals surface area contributed by atoms with E-state index < -0.39 is 11.9 Å². The average molecular weight is 570 g/mol. The van der Waals surface area contributed by atoms with Crippen LogP contribution in [0.5, 0.6) is 0 Å². The molecule has 4 amide bonds. The number of aromatic amines is 1. The molecule has 7 rings (SSSR count). The van der Waals surface area contributed by atoms with Crippen molar-refractivity contribution < 1.29 is 23.9 Å². The van der Waals surface area contributed by atoms with E-state index in [-0.39, 0.29) is 24.1 Å². The van der Waals surface area contributed by atoms with E-state index in [1.807, 2.05) is 24.0 Å². The number of imide groups is 1. The summed E-state index contributed by atoms with van der Waals surface area (Å²) in [6.45, 7) is 6.90. The van der Waals surface area contributed by atoms with E-state index in [2.05, 4.69) is 39.5 Å². The molecule has 1 unspecified atom stereocenters. The summed E-state index contributed by atoms with van der Waals surface area (Å²) in [4.78, 5) is 59.9. The van der Waals surface area contributed by atoms with Gasteiger partial charge in [-0.1, -0.05) is 18.2 Å². The lowest BCUT2D eigenvalue weighted by atomic mass is 9.87. The lowest BCUT2D eigenvalue weighted by Gasteiger charge is -2.32. The molecule has 2 N–H and O–H groups in total. The fourth-order valence-electron chi connectivity index (χ4n) is 6.98. The molecule has 3 fully saturated rings. The third kappa shape index (κ3) is 4.63. The van der Waals surface area contributed by atoms with Gasteiger partial charge in [-0.25, -0.2) is 0 Å². The molecule has 3 saturated heterocycles. The number of piperidine rings is 2. The molecule has 1 atom stereocenters. The number of rotatable bonds is 4. The van der Waals surface area contributed by atoms with Crippen LogP contribution in [0.25, 0.3) is 10.9 Å². The molecule has 42 heavy (non-hydrogen) atoms. The highest BCUT2D eigenvalue weighted by molar-refractivity contribution is 6.05. The second-order valence-corrected chi connectivity index (χ2v) is 11.8. The number of carbonyl (C=O) groups excluding carboxylic acids is 4. The number of nitrogens with one attached hydrogen (secondary N) is 2. The van der Waals surface area contributed by atoms with E-state index in [0.717, 1.165) is 72.4 Å². The van der Waals surface area contributed by atoms with Crippen LogP contribution in [-0.2, 0) is 20.9 Å². The summed E-state index contributed by atoms with van der Waals surface area (Å²) in [5.74, 6) is -0.511. The number of carbonyl (C=O) groups is 4. The molecule has 10 heteroatoms. The second kappa shape index (κ2) is 10.6. The van der Waals surface area contributed by atoms with Crippen molar-refractivity contribution in [1.29, 1.82) is 0 Å². The van der Waals surface area contributed by atoms with Crippen molar-refractivity contribution in [3.05, 3.63) is 64.3 Å². The molecular weight excluding hydrogens is 534 g/mol. The molecule has 0 spiro atoms. The summed E-state index contributed by atoms with van der Waals surface area (Å²) in [5.41, 5.74) is 6.47. The van der Waals surface area contributed by atoms with Crippen LogP contribution in [0.3, 0.4) is 0 Å². The van der Waals surface area contributed by atoms with Crippen molar-refractivity contribution in [1.82, 2.24) is 20.1 Å². The summed E-state index contributed by atoms with van der Waals surface area (Å²) in [6, 6.07) is 11.7. The number of hydrogen-bond acceptors (Lipinski definition) is 6. The minimum atomic E-state index is -0.612. The normalized spacial score (nSPS) is 21.7. The maximum atomic E-state index is 13.6. The monoisotopic (exact) mass is 569 g/mol. The summed E-state index contributed by atoms with van der Waals surface area (Å²) in [7, 11) is 0. The molecule has 0 radical (unpaired) electrons. The van der Waals surface area contributed by atoms with Crippen LogP contribution in [0.15, 0.2) is 36.4 Å². The van der Waals surface area contributed by atoms with Gasteiger partial charge in [0.05, 0.1) is 13.2 Å². The Kier molecular flexibility index (Phi) is 6.73. The number of morpholine rings is 1. The third-order valence-corrected chi connectivity index (χ3v) is 9.43. The standard InChI is InChI=1S/C32H35N5O5/c1-19-24-5-3-23(35-12-14-42-15-13-35)17-26(24)33-29(19)32(41)36-10-8-20(9-11-36)21-2-4-25-22(16-21)18-37(31(25)40)27-6-7-28(38)34-30(27)39/h2-5,16-17,20,27,33H,6-15,18H2,1H3,(H,34,38,39). The highest BCUT2D eigenvalue weighted by Crippen LogP contribution is 2.35. The van der Waals surface area contributed by atoms with Gasteiger partial charge in [-0.3, -0.25) is 24.5 Å². The predicted octanol–water partition coefficient (Wildman–Crippen LogP) is 3.09. The first-order valence-electron chi connectivity index (χ1n) is 14.9. The number of nitrogens with zero attached hydrogens (tertiary/aromatic N) is 3. The van der Waals surface area contributed by atoms with Gasteiger partial charge in [0.1, 0.15) is 11.7 Å². The zero-order valence-electron chi connectivity index (χ0n) is 23.8. The largest absolute Gasteiger partial charge is 0.378 e. The number of H-pyrrole nitrogens is 1. The van der Waals surface area contributed by atoms with Gasteiger partial charge in [-0.05, 0) is 67.0 Å². The maximum absolute atomic E-state index is 13.6. The molecule has 0 saturated carbocycles. The average Bonchev–Trinajstić information content (AvgIpc) is 3.52. The lowest BCUT2D eigenvalue weighted by Crippen LogP contribution is -2.52. The first kappa shape index (κ1) is 26.7. The number of hydrogen-bond donors (Lipinski definition) is 2. The van der Waals surface area contributed by atoms with Gasteiger partial charge < -0.3 is 24.4 Å². The van der Waals surface area contributed by atoms with E-state index in [1.165, 1.54) is 0 Å². The quantitative estimate of drug-likeness (QED) is 0.467. The molecule has 1 aromatic heterocycles. The van der Waals surface area contributed by atoms with Gasteiger partial charge in [-0.15, -0.1) is 0 Å². The Morgan fingerprint density at radius 2 is 1.74 bits per heavy atom. The van der Waals surface area contributed by atoms with E-state index in [9.17, 15) is 19.2 Å². The number of fused-ring (bicyclic) bond motifs is 2. The van der Waals surface area contributed by atoms with E-state index in [4.69, 9.17) is 4.74 Å². The summed E-state index contributed by atoms with van der Waals surface area (Å²) in [6.07, 6.45) is 2.28. The van der Waals surface area contributed by atoms with Crippen LogP contribution >= 0.6 is 0 Å². The van der Waals surface area contributed by atoms with Crippen LogP contribution in [0, 0.1) is 6.92 Å². The minimum Gasteiger partial charge on any atom is -0.378 e. The highest BCUT2D eigenvalue weighted by Gasteiger charge is 2.39. The number of likely N-dealkylation sites (tertiary alicyclic amines) is 1. The summed E-state index contributed by atoms with van der Waals surface area (Å²) < 4.78 is 5.49. The smallest absolute Gasteiger partial charge is 0.270 e. The van der Waals surface area contributed by atoms with Crippen LogP contribution in [0.1, 0.15) is 69.1 Å². The van der Waals surface area contributed by atoms with Gasteiger partial charge in [0.25, 0.3) is 11.8 Å². The van der Waals surface area contributed by atoms with Gasteiger partial charge in [0.15, 0.2) is 0 Å². The van der Waals surface area contributed by atoms with E-state index in [1.54, 1.807) is 4.90 Å². The Bertz CT molecular complexity index is 1600. The zero-order chi connectivity index (χ0) is 29.0. The topological polar surface area (TPSA) is 115 Å². The second-order valence-electron chi connectivity index (χ2n) is 11.8. The Hall–Kier alpha value is -4.18. The zero-order valence-corrected chi connectivity index (χ0v) is 23.8. The van der Waals surface area contributed by atoms with Crippen LogP contribution < -0.4 is 10.2 Å². The van der Waals surface area contributed by atoms with Gasteiger partial charge >= 0.3 is 0 Å². The van der Waals surface area contributed by atoms with Crippen molar-refractivity contribution in [2.24, 2.45) is 0 Å². The van der Waals surface area contributed by atoms with Gasteiger partial charge in [0, 0.05) is 61.3 Å². The highest BCUT2D eigenvalue weighted by atomic mass is 16.5. The number of ether oxygens (including phenoxy) is 1. The van der Waals surface area contributed by atoms with Crippen molar-refractivity contribution in [3.63, 3.8) is 0 Å². The predicted molar refractivity (Wildman–Crippen MR) is 156 cm³/mol. The molecule has 3 aromatic rings. The SMILES string of the molecule is Cc1c(C(=O)N2CCC(c3ccc4c(c3)CN(C3CCC(=O)NC3=O)C4=O)CC2)[nH]c2cc(N3CCOCC3)ccc12. The number of anilines is 1. The van der Waals surface area contributed by atoms with Crippen LogP contribution in [0.4, 0.5) is 5.69 Å². The Morgan fingerprint density at radius 3 is 2.50 bits per heavy atom. The van der Waals surface area contributed by atoms with Gasteiger partial charge in [-0.2, -0.15) is 0 Å². The summed E-state index contributed by atoms with van der Waals surface area (Å²) >= 11 is 0. The van der Waals surface area contributed by atoms with Crippen molar-refractivity contribution in [2.45, 2.75) is 51.1 Å². The number of aryl methyl sites for hydroxylation is 1. The molecule has 2 aromatic carbocycles. The van der Waals surface area contributed by atoms with Crippen molar-refractivity contribution in [2.75, 3.05) is 44.3 Å². The van der Waals surface area contributed by atoms with Crippen molar-refractivity contribution in [3.8, 4) is 0 Å². The Morgan fingerprint density at radius 1 is 0.952 bits per heavy atom. The molecule has 0 aliphatic carbocycles. The third-order valence-electron chi connectivity index (χ3n) is 9.43. The van der Waals surface area contributed by atoms with Crippen LogP contribution in [0.2, 0.25) is 0 Å². The summed E-state index contributed by atoms with van der Waals surface area (Å²) in [5, 5.41) is 3.43. The number of benzene rings is 2. The molecule has 0 bridgehead atoms. The van der Waals surface area contributed by atoms with Crippen LogP contribution in [-0.4, -0.2) is 83.8 Å². The first-order valence-corrected chi connectivity index (χ1v) is 14.9. The molecule has 218 valence electrons. The fraction of sp³-hybridized carbons (Fsp3) is 0.438. The first-order chi connectivity index (χ1) is 20.4. The van der Waals surface area contributed by atoms with Crippen molar-refractivity contribution >= 4 is 40.2 Å². The Balaban J connectivity index is 1.02. The van der Waals surface area contributed by atoms with E-state index in [0.29, 0.717) is 43.2 Å². The lowest BCUT2D eigenvalue weighted by molar-refractivity contribution is -0.136. The van der Waals surface area contributed by atoms with E-state index >= 15 is 0 Å². The molecular formula is C32H35N5O5.